The van der Waals surface area contributed by atoms with Crippen molar-refractivity contribution in [3.63, 3.8) is 0 Å². The van der Waals surface area contributed by atoms with E-state index in [2.05, 4.69) is 26.5 Å². The number of carbonyl (C=O) groups excluding carboxylic acids is 1. The van der Waals surface area contributed by atoms with Crippen molar-refractivity contribution in [2.24, 2.45) is 5.10 Å². The topological polar surface area (TPSA) is 80.2 Å². The Labute approximate surface area is 152 Å². The van der Waals surface area contributed by atoms with Gasteiger partial charge in [-0.25, -0.2) is 5.43 Å². The molecule has 2 rings (SSSR count). The van der Waals surface area contributed by atoms with Crippen LogP contribution in [0.5, 0.6) is 17.2 Å². The first-order valence-electron chi connectivity index (χ1n) is 6.76. The van der Waals surface area contributed by atoms with Crippen molar-refractivity contribution in [3.8, 4) is 17.2 Å². The molecule has 0 aliphatic heterocycles. The van der Waals surface area contributed by atoms with E-state index in [4.69, 9.17) is 21.1 Å². The zero-order chi connectivity index (χ0) is 17.5. The van der Waals surface area contributed by atoms with Crippen LogP contribution in [0.25, 0.3) is 0 Å². The second-order valence-electron chi connectivity index (χ2n) is 4.58. The van der Waals surface area contributed by atoms with E-state index in [0.717, 1.165) is 0 Å². The van der Waals surface area contributed by atoms with Crippen LogP contribution in [-0.4, -0.2) is 30.9 Å². The van der Waals surface area contributed by atoms with Gasteiger partial charge in [0.1, 0.15) is 17.2 Å². The van der Waals surface area contributed by atoms with Crippen LogP contribution < -0.4 is 14.9 Å². The van der Waals surface area contributed by atoms with Crippen molar-refractivity contribution in [3.05, 3.63) is 51.5 Å². The molecule has 2 N–H and O–H groups in total. The van der Waals surface area contributed by atoms with Gasteiger partial charge in [0.2, 0.25) is 0 Å². The molecular weight excluding hydrogens is 400 g/mol. The average molecular weight is 414 g/mol. The maximum absolute atomic E-state index is 11.7. The summed E-state index contributed by atoms with van der Waals surface area (Å²) in [6.07, 6.45) is 1.32. The standard InChI is InChI=1S/C16H14BrClN2O4/c1-23-12-4-2-10(14(21)7-12)8-19-20-16(22)9-24-15-5-3-11(18)6-13(15)17/h2-8,21H,9H2,1H3,(H,20,22)/b19-8-. The van der Waals surface area contributed by atoms with Crippen molar-refractivity contribution in [2.45, 2.75) is 0 Å². The molecular formula is C16H14BrClN2O4. The molecule has 0 saturated carbocycles. The zero-order valence-electron chi connectivity index (χ0n) is 12.6. The molecule has 126 valence electrons. The van der Waals surface area contributed by atoms with Gasteiger partial charge in [0.05, 0.1) is 17.8 Å². The van der Waals surface area contributed by atoms with Crippen molar-refractivity contribution in [1.29, 1.82) is 0 Å². The number of phenols is 1. The maximum Gasteiger partial charge on any atom is 0.277 e. The lowest BCUT2D eigenvalue weighted by Gasteiger charge is -2.07. The summed E-state index contributed by atoms with van der Waals surface area (Å²) in [5, 5.41) is 14.1. The minimum Gasteiger partial charge on any atom is -0.507 e. The number of hydrogen-bond acceptors (Lipinski definition) is 5. The van der Waals surface area contributed by atoms with Crippen molar-refractivity contribution in [2.75, 3.05) is 13.7 Å². The van der Waals surface area contributed by atoms with Gasteiger partial charge in [-0.2, -0.15) is 5.10 Å². The number of nitrogens with one attached hydrogen (secondary N) is 1. The van der Waals surface area contributed by atoms with E-state index in [1.807, 2.05) is 0 Å². The lowest BCUT2D eigenvalue weighted by molar-refractivity contribution is -0.123. The van der Waals surface area contributed by atoms with Crippen molar-refractivity contribution >= 4 is 39.7 Å². The number of halogens is 2. The fraction of sp³-hybridized carbons (Fsp3) is 0.125. The third kappa shape index (κ3) is 5.14. The highest BCUT2D eigenvalue weighted by Gasteiger charge is 2.06. The Hall–Kier alpha value is -2.25. The number of rotatable bonds is 6. The molecule has 0 radical (unpaired) electrons. The van der Waals surface area contributed by atoms with E-state index >= 15 is 0 Å². The summed E-state index contributed by atoms with van der Waals surface area (Å²) in [5.74, 6) is 0.566. The lowest BCUT2D eigenvalue weighted by atomic mass is 10.2. The predicted molar refractivity (Wildman–Crippen MR) is 95.0 cm³/mol. The third-order valence-corrected chi connectivity index (χ3v) is 3.74. The normalized spacial score (nSPS) is 10.6. The fourth-order valence-electron chi connectivity index (χ4n) is 1.70. The number of amides is 1. The van der Waals surface area contributed by atoms with Gasteiger partial charge >= 0.3 is 0 Å². The molecule has 0 aromatic heterocycles. The Morgan fingerprint density at radius 2 is 2.17 bits per heavy atom. The van der Waals surface area contributed by atoms with Crippen molar-refractivity contribution < 1.29 is 19.4 Å². The van der Waals surface area contributed by atoms with Gasteiger partial charge < -0.3 is 14.6 Å². The van der Waals surface area contributed by atoms with Crippen LogP contribution in [0.15, 0.2) is 46.0 Å². The molecule has 1 amide bonds. The van der Waals surface area contributed by atoms with E-state index in [0.29, 0.717) is 26.6 Å². The van der Waals surface area contributed by atoms with E-state index < -0.39 is 5.91 Å². The van der Waals surface area contributed by atoms with Gasteiger partial charge in [0.15, 0.2) is 6.61 Å². The first kappa shape index (κ1) is 18.1. The molecule has 0 atom stereocenters. The van der Waals surface area contributed by atoms with Gasteiger partial charge in [0, 0.05) is 16.7 Å². The minimum absolute atomic E-state index is 0.00584. The van der Waals surface area contributed by atoms with Crippen molar-refractivity contribution in [1.82, 2.24) is 5.43 Å². The number of phenolic OH excluding ortho intramolecular Hbond substituents is 1. The summed E-state index contributed by atoms with van der Waals surface area (Å²) in [6.45, 7) is -0.216. The zero-order valence-corrected chi connectivity index (χ0v) is 15.0. The summed E-state index contributed by atoms with van der Waals surface area (Å²) in [6, 6.07) is 9.71. The van der Waals surface area contributed by atoms with E-state index in [1.165, 1.54) is 19.4 Å². The number of carbonyl (C=O) groups is 1. The molecule has 2 aromatic rings. The quantitative estimate of drug-likeness (QED) is 0.562. The Kier molecular flexibility index (Phi) is 6.45. The Balaban J connectivity index is 1.86. The van der Waals surface area contributed by atoms with Gasteiger partial charge in [-0.05, 0) is 46.3 Å². The monoisotopic (exact) mass is 412 g/mol. The van der Waals surface area contributed by atoms with E-state index in [1.54, 1.807) is 30.3 Å². The number of hydrazone groups is 1. The summed E-state index contributed by atoms with van der Waals surface area (Å²) in [5.41, 5.74) is 2.75. The molecule has 0 fully saturated rings. The third-order valence-electron chi connectivity index (χ3n) is 2.88. The maximum atomic E-state index is 11.7. The van der Waals surface area contributed by atoms with Gasteiger partial charge in [-0.1, -0.05) is 11.6 Å². The summed E-state index contributed by atoms with van der Waals surface area (Å²) in [7, 11) is 1.50. The van der Waals surface area contributed by atoms with Crippen LogP contribution in [0.3, 0.4) is 0 Å². The van der Waals surface area contributed by atoms with E-state index in [9.17, 15) is 9.90 Å². The Bertz CT molecular complexity index is 768. The molecule has 2 aromatic carbocycles. The molecule has 0 aliphatic carbocycles. The predicted octanol–water partition coefficient (Wildman–Crippen LogP) is 3.35. The van der Waals surface area contributed by atoms with Crippen LogP contribution >= 0.6 is 27.5 Å². The number of hydrogen-bond donors (Lipinski definition) is 2. The number of benzene rings is 2. The van der Waals surface area contributed by atoms with Crippen LogP contribution in [-0.2, 0) is 4.79 Å². The second kappa shape index (κ2) is 8.56. The lowest BCUT2D eigenvalue weighted by Crippen LogP contribution is -2.24. The van der Waals surface area contributed by atoms with Crippen LogP contribution in [0, 0.1) is 0 Å². The fourth-order valence-corrected chi connectivity index (χ4v) is 2.50. The molecule has 0 aliphatic rings. The van der Waals surface area contributed by atoms with Gasteiger partial charge in [-0.15, -0.1) is 0 Å². The van der Waals surface area contributed by atoms with Crippen LogP contribution in [0.4, 0.5) is 0 Å². The van der Waals surface area contributed by atoms with E-state index in [-0.39, 0.29) is 12.4 Å². The molecule has 0 saturated heterocycles. The summed E-state index contributed by atoms with van der Waals surface area (Å²) >= 11 is 9.12. The SMILES string of the molecule is COc1ccc(/C=N\NC(=O)COc2ccc(Cl)cc2Br)c(O)c1. The highest BCUT2D eigenvalue weighted by molar-refractivity contribution is 9.10. The first-order chi connectivity index (χ1) is 11.5. The van der Waals surface area contributed by atoms with Crippen LogP contribution in [0.1, 0.15) is 5.56 Å². The smallest absolute Gasteiger partial charge is 0.277 e. The molecule has 6 nitrogen and oxygen atoms in total. The Morgan fingerprint density at radius 3 is 2.83 bits per heavy atom. The number of nitrogens with zero attached hydrogens (tertiary/aromatic N) is 1. The minimum atomic E-state index is -0.443. The molecule has 24 heavy (non-hydrogen) atoms. The summed E-state index contributed by atoms with van der Waals surface area (Å²) < 4.78 is 11.0. The molecule has 8 heteroatoms. The van der Waals surface area contributed by atoms with Crippen LogP contribution in [0.2, 0.25) is 5.02 Å². The second-order valence-corrected chi connectivity index (χ2v) is 5.87. The molecule has 0 heterocycles. The largest absolute Gasteiger partial charge is 0.507 e. The first-order valence-corrected chi connectivity index (χ1v) is 7.93. The van der Waals surface area contributed by atoms with Gasteiger partial charge in [0.25, 0.3) is 5.91 Å². The molecule has 0 bridgehead atoms. The van der Waals surface area contributed by atoms with Gasteiger partial charge in [-0.3, -0.25) is 4.79 Å². The molecule has 0 spiro atoms. The number of ether oxygens (including phenoxy) is 2. The summed E-state index contributed by atoms with van der Waals surface area (Å²) in [4.78, 5) is 11.7. The molecule has 0 unspecified atom stereocenters. The Morgan fingerprint density at radius 1 is 1.38 bits per heavy atom. The number of methoxy groups -OCH3 is 1. The average Bonchev–Trinajstić information content (AvgIpc) is 2.55. The number of aromatic hydroxyl groups is 1. The highest BCUT2D eigenvalue weighted by atomic mass is 79.9. The highest BCUT2D eigenvalue weighted by Crippen LogP contribution is 2.27.